The maximum Gasteiger partial charge on any atom is 0.123 e. The number of halogens is 1. The molecule has 0 spiro atoms. The Morgan fingerprint density at radius 1 is 1.17 bits per heavy atom. The topological polar surface area (TPSA) is 20.3 Å². The smallest absolute Gasteiger partial charge is 0.123 e. The van der Waals surface area contributed by atoms with Gasteiger partial charge in [0.25, 0.3) is 0 Å². The zero-order valence-electron chi connectivity index (χ0n) is 10.6. The molecule has 0 bridgehead atoms. The summed E-state index contributed by atoms with van der Waals surface area (Å²) in [6, 6.07) is 6.97. The normalized spacial score (nSPS) is 18.5. The molecule has 0 saturated carbocycles. The summed E-state index contributed by atoms with van der Waals surface area (Å²) in [6.45, 7) is 2.17. The maximum atomic E-state index is 13.0. The van der Waals surface area contributed by atoms with E-state index in [1.165, 1.54) is 31.4 Å². The molecule has 0 aliphatic carbocycles. The van der Waals surface area contributed by atoms with Crippen molar-refractivity contribution < 1.29 is 9.18 Å². The van der Waals surface area contributed by atoms with E-state index in [4.69, 9.17) is 0 Å². The molecule has 98 valence electrons. The third kappa shape index (κ3) is 3.39. The predicted molar refractivity (Wildman–Crippen MR) is 69.9 cm³/mol. The van der Waals surface area contributed by atoms with Crippen LogP contribution < -0.4 is 0 Å². The fraction of sp³-hybridized carbons (Fsp3) is 0.533. The Labute approximate surface area is 108 Å². The van der Waals surface area contributed by atoms with Crippen LogP contribution in [0.2, 0.25) is 0 Å². The number of carbonyl (C=O) groups is 1. The van der Waals surface area contributed by atoms with Crippen LogP contribution in [-0.4, -0.2) is 24.3 Å². The lowest BCUT2D eigenvalue weighted by molar-refractivity contribution is -0.108. The molecular weight excluding hydrogens is 229 g/mol. The fourth-order valence-electron chi connectivity index (χ4n) is 2.70. The SMILES string of the molecule is O=CCCC(c1ccc(F)cc1)N1CCCCC1. The Morgan fingerprint density at radius 3 is 2.44 bits per heavy atom. The highest BCUT2D eigenvalue weighted by Gasteiger charge is 2.21. The molecule has 1 fully saturated rings. The number of benzene rings is 1. The van der Waals surface area contributed by atoms with E-state index in [1.54, 1.807) is 0 Å². The van der Waals surface area contributed by atoms with E-state index in [0.717, 1.165) is 31.4 Å². The lowest BCUT2D eigenvalue weighted by atomic mass is 9.98. The number of hydrogen-bond donors (Lipinski definition) is 0. The van der Waals surface area contributed by atoms with Crippen LogP contribution in [0.5, 0.6) is 0 Å². The molecule has 1 aromatic rings. The van der Waals surface area contributed by atoms with Gasteiger partial charge in [-0.25, -0.2) is 4.39 Å². The highest BCUT2D eigenvalue weighted by atomic mass is 19.1. The van der Waals surface area contributed by atoms with Crippen molar-refractivity contribution in [1.29, 1.82) is 0 Å². The van der Waals surface area contributed by atoms with Crippen LogP contribution in [-0.2, 0) is 4.79 Å². The van der Waals surface area contributed by atoms with E-state index in [1.807, 2.05) is 12.1 Å². The fourth-order valence-corrected chi connectivity index (χ4v) is 2.70. The summed E-state index contributed by atoms with van der Waals surface area (Å²) in [5.41, 5.74) is 1.13. The Hall–Kier alpha value is -1.22. The van der Waals surface area contributed by atoms with Crippen LogP contribution in [0.4, 0.5) is 4.39 Å². The molecule has 1 aliphatic rings. The van der Waals surface area contributed by atoms with Gasteiger partial charge in [0.2, 0.25) is 0 Å². The van der Waals surface area contributed by atoms with Gasteiger partial charge in [-0.1, -0.05) is 18.6 Å². The van der Waals surface area contributed by atoms with Crippen LogP contribution in [0.3, 0.4) is 0 Å². The first-order valence-corrected chi connectivity index (χ1v) is 6.74. The molecule has 1 unspecified atom stereocenters. The van der Waals surface area contributed by atoms with Crippen molar-refractivity contribution >= 4 is 6.29 Å². The number of likely N-dealkylation sites (tertiary alicyclic amines) is 1. The molecule has 2 nitrogen and oxygen atoms in total. The first kappa shape index (κ1) is 13.2. The van der Waals surface area contributed by atoms with E-state index in [9.17, 15) is 9.18 Å². The average Bonchev–Trinajstić information content (AvgIpc) is 2.42. The third-order valence-electron chi connectivity index (χ3n) is 3.64. The van der Waals surface area contributed by atoms with Gasteiger partial charge in [0, 0.05) is 12.5 Å². The van der Waals surface area contributed by atoms with Crippen LogP contribution in [0, 0.1) is 5.82 Å². The van der Waals surface area contributed by atoms with E-state index in [-0.39, 0.29) is 11.9 Å². The van der Waals surface area contributed by atoms with Gasteiger partial charge in [-0.15, -0.1) is 0 Å². The molecule has 1 heterocycles. The molecule has 0 aromatic heterocycles. The molecule has 18 heavy (non-hydrogen) atoms. The first-order valence-electron chi connectivity index (χ1n) is 6.74. The Balaban J connectivity index is 2.12. The minimum Gasteiger partial charge on any atom is -0.303 e. The summed E-state index contributed by atoms with van der Waals surface area (Å²) < 4.78 is 13.0. The van der Waals surface area contributed by atoms with Crippen molar-refractivity contribution in [3.8, 4) is 0 Å². The standard InChI is InChI=1S/C15H20FNO/c16-14-8-6-13(7-9-14)15(5-4-12-18)17-10-2-1-3-11-17/h6-9,12,15H,1-5,10-11H2. The minimum absolute atomic E-state index is 0.202. The zero-order valence-corrected chi connectivity index (χ0v) is 10.6. The summed E-state index contributed by atoms with van der Waals surface area (Å²) in [5, 5.41) is 0. The van der Waals surface area contributed by atoms with Gasteiger partial charge >= 0.3 is 0 Å². The maximum absolute atomic E-state index is 13.0. The molecule has 1 saturated heterocycles. The van der Waals surface area contributed by atoms with Gasteiger partial charge in [0.05, 0.1) is 0 Å². The molecular formula is C15H20FNO. The van der Waals surface area contributed by atoms with Crippen molar-refractivity contribution in [2.75, 3.05) is 13.1 Å². The van der Waals surface area contributed by atoms with Gasteiger partial charge in [-0.3, -0.25) is 4.90 Å². The van der Waals surface area contributed by atoms with Crippen molar-refractivity contribution in [1.82, 2.24) is 4.90 Å². The largest absolute Gasteiger partial charge is 0.303 e. The molecule has 0 radical (unpaired) electrons. The second-order valence-electron chi connectivity index (χ2n) is 4.91. The van der Waals surface area contributed by atoms with Crippen molar-refractivity contribution in [2.24, 2.45) is 0 Å². The summed E-state index contributed by atoms with van der Waals surface area (Å²) in [5.74, 6) is -0.202. The molecule has 0 amide bonds. The monoisotopic (exact) mass is 249 g/mol. The van der Waals surface area contributed by atoms with Crippen LogP contribution in [0.15, 0.2) is 24.3 Å². The molecule has 0 N–H and O–H groups in total. The number of rotatable bonds is 5. The number of carbonyl (C=O) groups excluding carboxylic acids is 1. The number of aldehydes is 1. The van der Waals surface area contributed by atoms with E-state index < -0.39 is 0 Å². The lowest BCUT2D eigenvalue weighted by Crippen LogP contribution is -2.33. The van der Waals surface area contributed by atoms with E-state index >= 15 is 0 Å². The second kappa shape index (κ2) is 6.64. The second-order valence-corrected chi connectivity index (χ2v) is 4.91. The summed E-state index contributed by atoms with van der Waals surface area (Å²) in [7, 11) is 0. The Morgan fingerprint density at radius 2 is 1.83 bits per heavy atom. The Kier molecular flexibility index (Phi) is 4.88. The van der Waals surface area contributed by atoms with Crippen molar-refractivity contribution in [3.63, 3.8) is 0 Å². The first-order chi connectivity index (χ1) is 8.81. The van der Waals surface area contributed by atoms with E-state index in [0.29, 0.717) is 6.42 Å². The van der Waals surface area contributed by atoms with Crippen LogP contribution in [0.1, 0.15) is 43.7 Å². The van der Waals surface area contributed by atoms with Gasteiger partial charge in [-0.2, -0.15) is 0 Å². The Bertz CT molecular complexity index is 371. The van der Waals surface area contributed by atoms with Gasteiger partial charge in [0.15, 0.2) is 0 Å². The third-order valence-corrected chi connectivity index (χ3v) is 3.64. The predicted octanol–water partition coefficient (Wildman–Crippen LogP) is 3.33. The highest BCUT2D eigenvalue weighted by Crippen LogP contribution is 2.28. The zero-order chi connectivity index (χ0) is 12.8. The van der Waals surface area contributed by atoms with Gasteiger partial charge < -0.3 is 4.79 Å². The summed E-state index contributed by atoms with van der Waals surface area (Å²) >= 11 is 0. The number of hydrogen-bond acceptors (Lipinski definition) is 2. The quantitative estimate of drug-likeness (QED) is 0.746. The summed E-state index contributed by atoms with van der Waals surface area (Å²) in [4.78, 5) is 13.0. The van der Waals surface area contributed by atoms with E-state index in [2.05, 4.69) is 4.90 Å². The lowest BCUT2D eigenvalue weighted by Gasteiger charge is -2.34. The van der Waals surface area contributed by atoms with Crippen LogP contribution in [0.25, 0.3) is 0 Å². The number of piperidine rings is 1. The molecule has 3 heteroatoms. The van der Waals surface area contributed by atoms with Crippen LogP contribution >= 0.6 is 0 Å². The average molecular weight is 249 g/mol. The highest BCUT2D eigenvalue weighted by molar-refractivity contribution is 5.49. The van der Waals surface area contributed by atoms with Gasteiger partial charge in [-0.05, 0) is 50.0 Å². The molecule has 2 rings (SSSR count). The van der Waals surface area contributed by atoms with Crippen molar-refractivity contribution in [2.45, 2.75) is 38.1 Å². The van der Waals surface area contributed by atoms with Crippen molar-refractivity contribution in [3.05, 3.63) is 35.6 Å². The van der Waals surface area contributed by atoms with Gasteiger partial charge in [0.1, 0.15) is 12.1 Å². The number of nitrogens with zero attached hydrogens (tertiary/aromatic N) is 1. The molecule has 1 atom stereocenters. The molecule has 1 aromatic carbocycles. The summed E-state index contributed by atoms with van der Waals surface area (Å²) in [6.07, 6.45) is 6.10. The minimum atomic E-state index is -0.202. The molecule has 1 aliphatic heterocycles.